The summed E-state index contributed by atoms with van der Waals surface area (Å²) in [6, 6.07) is 8.31. The molecular formula is C20H25N3OS. The Labute approximate surface area is 153 Å². The summed E-state index contributed by atoms with van der Waals surface area (Å²) in [5, 5.41) is 2.61. The van der Waals surface area contributed by atoms with Gasteiger partial charge in [0, 0.05) is 11.6 Å². The fraction of sp³-hybridized carbons (Fsp3) is 0.400. The smallest absolute Gasteiger partial charge is 0.180 e. The Hall–Kier alpha value is -2.14. The van der Waals surface area contributed by atoms with Crippen LogP contribution in [-0.4, -0.2) is 24.4 Å². The summed E-state index contributed by atoms with van der Waals surface area (Å²) < 4.78 is 5.86. The molecule has 132 valence electrons. The number of nitrogens with two attached hydrogens (primary N) is 1. The second kappa shape index (κ2) is 8.30. The second-order valence-corrected chi connectivity index (χ2v) is 7.21. The van der Waals surface area contributed by atoms with Crippen molar-refractivity contribution in [2.45, 2.75) is 38.0 Å². The Morgan fingerprint density at radius 1 is 1.20 bits per heavy atom. The number of benzene rings is 1. The van der Waals surface area contributed by atoms with Crippen molar-refractivity contribution in [3.8, 4) is 5.75 Å². The zero-order chi connectivity index (χ0) is 17.5. The highest BCUT2D eigenvalue weighted by Crippen LogP contribution is 2.37. The monoisotopic (exact) mass is 355 g/mol. The van der Waals surface area contributed by atoms with Gasteiger partial charge in [0.2, 0.25) is 0 Å². The van der Waals surface area contributed by atoms with Crippen molar-refractivity contribution in [2.24, 2.45) is 4.99 Å². The number of anilines is 1. The lowest BCUT2D eigenvalue weighted by Crippen LogP contribution is -2.31. The minimum absolute atomic E-state index is 0.345. The van der Waals surface area contributed by atoms with E-state index in [0.717, 1.165) is 30.0 Å². The SMILES string of the molecule is CCCCCCOc1ccc(C2(c3csc(N)n3)C=CC=NC2)cc1. The van der Waals surface area contributed by atoms with E-state index < -0.39 is 0 Å². The van der Waals surface area contributed by atoms with Gasteiger partial charge in [-0.15, -0.1) is 11.3 Å². The molecule has 1 aromatic heterocycles. The largest absolute Gasteiger partial charge is 0.494 e. The molecule has 1 aliphatic rings. The average molecular weight is 356 g/mol. The normalized spacial score (nSPS) is 19.2. The van der Waals surface area contributed by atoms with Crippen LogP contribution >= 0.6 is 11.3 Å². The number of nitrogen functional groups attached to an aromatic ring is 1. The molecule has 0 saturated carbocycles. The summed E-state index contributed by atoms with van der Waals surface area (Å²) in [5.74, 6) is 0.913. The van der Waals surface area contributed by atoms with E-state index in [1.807, 2.05) is 29.8 Å². The summed E-state index contributed by atoms with van der Waals surface area (Å²) in [5.41, 5.74) is 7.63. The standard InChI is InChI=1S/C20H25N3OS/c1-2-3-4-5-13-24-17-9-7-16(8-10-17)20(11-6-12-22-15-20)18-14-25-19(21)23-18/h6-12,14H,2-5,13,15H2,1H3,(H2,21,23). The number of rotatable bonds is 8. The average Bonchev–Trinajstić information content (AvgIpc) is 3.10. The Morgan fingerprint density at radius 2 is 2.04 bits per heavy atom. The highest BCUT2D eigenvalue weighted by molar-refractivity contribution is 7.13. The van der Waals surface area contributed by atoms with Crippen molar-refractivity contribution < 1.29 is 4.74 Å². The fourth-order valence-corrected chi connectivity index (χ4v) is 3.73. The van der Waals surface area contributed by atoms with Gasteiger partial charge in [0.1, 0.15) is 5.75 Å². The molecule has 5 heteroatoms. The first-order chi connectivity index (χ1) is 12.2. The van der Waals surface area contributed by atoms with Gasteiger partial charge in [-0.3, -0.25) is 4.99 Å². The van der Waals surface area contributed by atoms with Crippen LogP contribution in [0, 0.1) is 0 Å². The first-order valence-corrected chi connectivity index (χ1v) is 9.75. The Balaban J connectivity index is 1.74. The van der Waals surface area contributed by atoms with Crippen LogP contribution in [0.15, 0.2) is 46.8 Å². The van der Waals surface area contributed by atoms with Crippen LogP contribution < -0.4 is 10.5 Å². The van der Waals surface area contributed by atoms with Gasteiger partial charge in [0.25, 0.3) is 0 Å². The maximum Gasteiger partial charge on any atom is 0.180 e. The fourth-order valence-electron chi connectivity index (χ4n) is 3.08. The van der Waals surface area contributed by atoms with Gasteiger partial charge < -0.3 is 10.5 Å². The lowest BCUT2D eigenvalue weighted by atomic mass is 9.77. The maximum absolute atomic E-state index is 5.86. The zero-order valence-corrected chi connectivity index (χ0v) is 15.5. The van der Waals surface area contributed by atoms with E-state index in [0.29, 0.717) is 11.7 Å². The summed E-state index contributed by atoms with van der Waals surface area (Å²) in [4.78, 5) is 9.00. The van der Waals surface area contributed by atoms with E-state index in [9.17, 15) is 0 Å². The van der Waals surface area contributed by atoms with Crippen LogP contribution in [0.2, 0.25) is 0 Å². The summed E-state index contributed by atoms with van der Waals surface area (Å²) >= 11 is 1.47. The lowest BCUT2D eigenvalue weighted by molar-refractivity contribution is 0.305. The van der Waals surface area contributed by atoms with Gasteiger partial charge >= 0.3 is 0 Å². The van der Waals surface area contributed by atoms with E-state index in [2.05, 4.69) is 35.1 Å². The molecule has 2 N–H and O–H groups in total. The third-order valence-electron chi connectivity index (χ3n) is 4.53. The number of aromatic nitrogens is 1. The number of allylic oxidation sites excluding steroid dienone is 1. The van der Waals surface area contributed by atoms with Crippen molar-refractivity contribution in [1.82, 2.24) is 4.98 Å². The van der Waals surface area contributed by atoms with E-state index in [4.69, 9.17) is 10.5 Å². The molecule has 1 atom stereocenters. The number of ether oxygens (including phenoxy) is 1. The third kappa shape index (κ3) is 4.10. The summed E-state index contributed by atoms with van der Waals surface area (Å²) in [6.45, 7) is 3.64. The molecule has 4 nitrogen and oxygen atoms in total. The van der Waals surface area contributed by atoms with Gasteiger partial charge in [-0.2, -0.15) is 0 Å². The van der Waals surface area contributed by atoms with Gasteiger partial charge in [0.05, 0.1) is 24.3 Å². The van der Waals surface area contributed by atoms with Crippen LogP contribution in [-0.2, 0) is 5.41 Å². The minimum Gasteiger partial charge on any atom is -0.494 e. The quantitative estimate of drug-likeness (QED) is 0.703. The number of thiazole rings is 1. The molecule has 0 aliphatic carbocycles. The van der Waals surface area contributed by atoms with Gasteiger partial charge in [-0.25, -0.2) is 4.98 Å². The topological polar surface area (TPSA) is 60.5 Å². The molecule has 0 bridgehead atoms. The Morgan fingerprint density at radius 3 is 2.68 bits per heavy atom. The predicted molar refractivity (Wildman–Crippen MR) is 106 cm³/mol. The van der Waals surface area contributed by atoms with Gasteiger partial charge in [-0.05, 0) is 30.2 Å². The van der Waals surface area contributed by atoms with E-state index >= 15 is 0 Å². The van der Waals surface area contributed by atoms with Crippen molar-refractivity contribution >= 4 is 22.7 Å². The predicted octanol–water partition coefficient (Wildman–Crippen LogP) is 4.61. The molecule has 0 fully saturated rings. The Kier molecular flexibility index (Phi) is 5.87. The van der Waals surface area contributed by atoms with E-state index in [-0.39, 0.29) is 5.41 Å². The van der Waals surface area contributed by atoms with Crippen molar-refractivity contribution in [2.75, 3.05) is 18.9 Å². The van der Waals surface area contributed by atoms with E-state index in [1.165, 1.54) is 30.6 Å². The number of dihydropyridines is 1. The van der Waals surface area contributed by atoms with Gasteiger partial charge in [0.15, 0.2) is 5.13 Å². The molecule has 0 radical (unpaired) electrons. The number of nitrogens with zero attached hydrogens (tertiary/aromatic N) is 2. The number of hydrogen-bond acceptors (Lipinski definition) is 5. The van der Waals surface area contributed by atoms with Crippen molar-refractivity contribution in [1.29, 1.82) is 0 Å². The highest BCUT2D eigenvalue weighted by atomic mass is 32.1. The molecule has 2 heterocycles. The van der Waals surface area contributed by atoms with E-state index in [1.54, 1.807) is 0 Å². The maximum atomic E-state index is 5.86. The molecule has 0 saturated heterocycles. The van der Waals surface area contributed by atoms with Crippen LogP contribution in [0.5, 0.6) is 5.75 Å². The number of unbranched alkanes of at least 4 members (excludes halogenated alkanes) is 3. The van der Waals surface area contributed by atoms with Crippen LogP contribution in [0.3, 0.4) is 0 Å². The minimum atomic E-state index is -0.345. The molecule has 1 aromatic carbocycles. The molecule has 3 rings (SSSR count). The highest BCUT2D eigenvalue weighted by Gasteiger charge is 2.35. The second-order valence-electron chi connectivity index (χ2n) is 6.32. The molecule has 1 aliphatic heterocycles. The first kappa shape index (κ1) is 17.7. The van der Waals surface area contributed by atoms with Crippen molar-refractivity contribution in [3.63, 3.8) is 0 Å². The number of hydrogen-bond donors (Lipinski definition) is 1. The Bertz CT molecular complexity index is 736. The molecule has 2 aromatic rings. The third-order valence-corrected chi connectivity index (χ3v) is 5.20. The van der Waals surface area contributed by atoms with Crippen molar-refractivity contribution in [3.05, 3.63) is 53.1 Å². The van der Waals surface area contributed by atoms with Gasteiger partial charge in [-0.1, -0.05) is 44.4 Å². The summed E-state index contributed by atoms with van der Waals surface area (Å²) in [7, 11) is 0. The zero-order valence-electron chi connectivity index (χ0n) is 14.6. The van der Waals surface area contributed by atoms with Crippen LogP contribution in [0.4, 0.5) is 5.13 Å². The molecule has 0 spiro atoms. The lowest BCUT2D eigenvalue weighted by Gasteiger charge is -2.29. The molecule has 0 amide bonds. The van der Waals surface area contributed by atoms with Crippen LogP contribution in [0.25, 0.3) is 0 Å². The molecular weight excluding hydrogens is 330 g/mol. The molecule has 1 unspecified atom stereocenters. The summed E-state index contributed by atoms with van der Waals surface area (Å²) in [6.07, 6.45) is 10.8. The molecule has 25 heavy (non-hydrogen) atoms. The number of aliphatic imine (C=N–C) groups is 1. The first-order valence-electron chi connectivity index (χ1n) is 8.87. The van der Waals surface area contributed by atoms with Crippen LogP contribution in [0.1, 0.15) is 43.9 Å².